The molecular weight excluding hydrogens is 270 g/mol. The van der Waals surface area contributed by atoms with E-state index in [1.807, 2.05) is 6.92 Å². The van der Waals surface area contributed by atoms with E-state index in [0.29, 0.717) is 10.8 Å². The molecule has 2 N–H and O–H groups in total. The number of aromatic amines is 1. The normalized spacial score (nSPS) is 12.7. The summed E-state index contributed by atoms with van der Waals surface area (Å²) in [6.07, 6.45) is 3.00. The number of thiazole rings is 1. The maximum atomic E-state index is 11.1. The molecule has 19 heavy (non-hydrogen) atoms. The van der Waals surface area contributed by atoms with E-state index in [9.17, 15) is 10.1 Å². The molecule has 0 aromatic carbocycles. The highest BCUT2D eigenvalue weighted by molar-refractivity contribution is 7.15. The zero-order valence-electron chi connectivity index (χ0n) is 9.77. The van der Waals surface area contributed by atoms with Gasteiger partial charge in [0.25, 0.3) is 4.96 Å². The van der Waals surface area contributed by atoms with Crippen LogP contribution in [0, 0.1) is 10.1 Å². The smallest absolute Gasteiger partial charge is 0.358 e. The average Bonchev–Trinajstić information content (AvgIpc) is 3.03. The summed E-state index contributed by atoms with van der Waals surface area (Å²) in [6, 6.07) is -0.259. The van der Waals surface area contributed by atoms with E-state index in [1.165, 1.54) is 22.1 Å². The highest BCUT2D eigenvalue weighted by atomic mass is 32.1. The molecule has 10 heteroatoms. The minimum Gasteiger partial charge on any atom is -0.358 e. The molecule has 0 spiro atoms. The first-order chi connectivity index (χ1) is 9.16. The number of fused-ring (bicyclic) bond motifs is 1. The molecule has 0 aliphatic heterocycles. The summed E-state index contributed by atoms with van der Waals surface area (Å²) < 4.78 is 1.44. The van der Waals surface area contributed by atoms with E-state index in [1.54, 1.807) is 11.6 Å². The van der Waals surface area contributed by atoms with E-state index in [4.69, 9.17) is 0 Å². The minimum atomic E-state index is -0.456. The number of imidazole rings is 1. The fraction of sp³-hybridized carbons (Fsp3) is 0.222. The summed E-state index contributed by atoms with van der Waals surface area (Å²) in [5.41, 5.74) is 0. The number of nitro groups is 1. The van der Waals surface area contributed by atoms with Crippen molar-refractivity contribution in [1.29, 1.82) is 0 Å². The van der Waals surface area contributed by atoms with Crippen LogP contribution >= 0.6 is 11.3 Å². The van der Waals surface area contributed by atoms with Crippen molar-refractivity contribution in [2.75, 3.05) is 5.32 Å². The van der Waals surface area contributed by atoms with Crippen LogP contribution in [0.5, 0.6) is 0 Å². The van der Waals surface area contributed by atoms with Crippen LogP contribution in [0.25, 0.3) is 4.96 Å². The number of hydrogen-bond donors (Lipinski definition) is 2. The number of H-pyrrole nitrogens is 1. The second-order valence-corrected chi connectivity index (χ2v) is 4.71. The van der Waals surface area contributed by atoms with Crippen molar-refractivity contribution < 1.29 is 4.92 Å². The van der Waals surface area contributed by atoms with Crippen molar-refractivity contribution >= 4 is 27.9 Å². The zero-order chi connectivity index (χ0) is 13.4. The first kappa shape index (κ1) is 11.6. The number of hydrogen-bond acceptors (Lipinski definition) is 7. The van der Waals surface area contributed by atoms with Gasteiger partial charge >= 0.3 is 5.82 Å². The van der Waals surface area contributed by atoms with Crippen LogP contribution in [0.1, 0.15) is 18.8 Å². The molecule has 3 rings (SSSR count). The number of nitrogens with zero attached hydrogens (tertiary/aromatic N) is 5. The van der Waals surface area contributed by atoms with Crippen molar-refractivity contribution in [3.8, 4) is 0 Å². The quantitative estimate of drug-likeness (QED) is 0.553. The lowest BCUT2D eigenvalue weighted by molar-refractivity contribution is -0.389. The van der Waals surface area contributed by atoms with E-state index < -0.39 is 4.92 Å². The van der Waals surface area contributed by atoms with Crippen LogP contribution in [0.4, 0.5) is 11.6 Å². The van der Waals surface area contributed by atoms with Crippen molar-refractivity contribution in [2.24, 2.45) is 0 Å². The highest BCUT2D eigenvalue weighted by Crippen LogP contribution is 2.30. The van der Waals surface area contributed by atoms with Crippen LogP contribution < -0.4 is 5.32 Å². The fourth-order valence-corrected chi connectivity index (χ4v) is 2.45. The van der Waals surface area contributed by atoms with E-state index in [-0.39, 0.29) is 17.7 Å². The Balaban J connectivity index is 1.98. The Hall–Kier alpha value is -2.49. The maximum absolute atomic E-state index is 11.1. The molecular formula is C9H9N7O2S. The third-order valence-electron chi connectivity index (χ3n) is 2.61. The van der Waals surface area contributed by atoms with Crippen LogP contribution in [0.3, 0.4) is 0 Å². The van der Waals surface area contributed by atoms with Gasteiger partial charge in [0, 0.05) is 5.38 Å². The molecule has 0 aliphatic carbocycles. The Kier molecular flexibility index (Phi) is 2.63. The molecule has 0 saturated carbocycles. The summed E-state index contributed by atoms with van der Waals surface area (Å²) in [7, 11) is 0. The van der Waals surface area contributed by atoms with Gasteiger partial charge < -0.3 is 15.4 Å². The Morgan fingerprint density at radius 2 is 2.47 bits per heavy atom. The van der Waals surface area contributed by atoms with E-state index >= 15 is 0 Å². The number of aromatic nitrogens is 5. The predicted molar refractivity (Wildman–Crippen MR) is 68.1 cm³/mol. The summed E-state index contributed by atoms with van der Waals surface area (Å²) in [5.74, 6) is 0.731. The van der Waals surface area contributed by atoms with Gasteiger partial charge in [0.15, 0.2) is 0 Å². The van der Waals surface area contributed by atoms with Crippen molar-refractivity contribution in [3.05, 3.63) is 33.8 Å². The molecule has 0 aliphatic rings. The Labute approximate surface area is 110 Å². The Bertz CT molecular complexity index is 716. The van der Waals surface area contributed by atoms with E-state index in [2.05, 4.69) is 25.5 Å². The van der Waals surface area contributed by atoms with Gasteiger partial charge in [-0.2, -0.15) is 14.5 Å². The lowest BCUT2D eigenvalue weighted by atomic mass is 10.3. The first-order valence-electron chi connectivity index (χ1n) is 5.38. The predicted octanol–water partition coefficient (Wildman–Crippen LogP) is 1.60. The van der Waals surface area contributed by atoms with Crippen LogP contribution in [-0.4, -0.2) is 29.5 Å². The van der Waals surface area contributed by atoms with Gasteiger partial charge in [0.2, 0.25) is 5.82 Å². The lowest BCUT2D eigenvalue weighted by Gasteiger charge is -2.09. The van der Waals surface area contributed by atoms with Crippen molar-refractivity contribution in [2.45, 2.75) is 13.0 Å². The largest absolute Gasteiger partial charge is 0.372 e. The Morgan fingerprint density at radius 1 is 1.63 bits per heavy atom. The summed E-state index contributed by atoms with van der Waals surface area (Å²) in [5, 5.41) is 22.3. The standard InChI is InChI=1S/C9H9N7O2S/c1-5(6-10-4-11-14-6)12-7-8(16(17)18)15-2-3-19-9(15)13-7/h2-5,12H,1H3,(H,10,11,14). The molecule has 0 bridgehead atoms. The SMILES string of the molecule is CC(Nc1nc2sccn2c1[N+](=O)[O-])c1ncn[nH]1. The fourth-order valence-electron chi connectivity index (χ4n) is 1.74. The molecule has 0 saturated heterocycles. The minimum absolute atomic E-state index is 0.0809. The topological polar surface area (TPSA) is 114 Å². The maximum Gasteiger partial charge on any atom is 0.372 e. The molecule has 0 amide bonds. The van der Waals surface area contributed by atoms with Crippen molar-refractivity contribution in [1.82, 2.24) is 24.6 Å². The van der Waals surface area contributed by atoms with Crippen molar-refractivity contribution in [3.63, 3.8) is 0 Å². The monoisotopic (exact) mass is 279 g/mol. The van der Waals surface area contributed by atoms with Gasteiger partial charge in [-0.1, -0.05) is 11.3 Å². The van der Waals surface area contributed by atoms with Crippen LogP contribution in [-0.2, 0) is 0 Å². The first-order valence-corrected chi connectivity index (χ1v) is 6.26. The van der Waals surface area contributed by atoms with Gasteiger partial charge in [-0.3, -0.25) is 5.10 Å². The average molecular weight is 279 g/mol. The number of anilines is 1. The third-order valence-corrected chi connectivity index (χ3v) is 3.36. The number of rotatable bonds is 4. The molecule has 3 aromatic heterocycles. The molecule has 1 unspecified atom stereocenters. The third kappa shape index (κ3) is 1.91. The molecule has 98 valence electrons. The number of nitrogens with one attached hydrogen (secondary N) is 2. The molecule has 9 nitrogen and oxygen atoms in total. The van der Waals surface area contributed by atoms with Gasteiger partial charge in [-0.15, -0.1) is 0 Å². The zero-order valence-corrected chi connectivity index (χ0v) is 10.6. The molecule has 3 heterocycles. The summed E-state index contributed by atoms with van der Waals surface area (Å²) in [6.45, 7) is 1.82. The second kappa shape index (κ2) is 4.31. The van der Waals surface area contributed by atoms with Gasteiger partial charge in [-0.25, -0.2) is 4.98 Å². The van der Waals surface area contributed by atoms with E-state index in [0.717, 1.165) is 0 Å². The van der Waals surface area contributed by atoms with Gasteiger partial charge in [0.1, 0.15) is 18.3 Å². The Morgan fingerprint density at radius 3 is 3.16 bits per heavy atom. The molecule has 3 aromatic rings. The lowest BCUT2D eigenvalue weighted by Crippen LogP contribution is -2.10. The van der Waals surface area contributed by atoms with Crippen LogP contribution in [0.2, 0.25) is 0 Å². The molecule has 0 fully saturated rings. The molecule has 0 radical (unpaired) electrons. The second-order valence-electron chi connectivity index (χ2n) is 3.83. The van der Waals surface area contributed by atoms with Gasteiger partial charge in [0.05, 0.1) is 6.04 Å². The van der Waals surface area contributed by atoms with Crippen LogP contribution in [0.15, 0.2) is 17.9 Å². The molecule has 1 atom stereocenters. The summed E-state index contributed by atoms with van der Waals surface area (Å²) >= 11 is 1.34. The highest BCUT2D eigenvalue weighted by Gasteiger charge is 2.25. The van der Waals surface area contributed by atoms with Gasteiger partial charge in [-0.05, 0) is 11.8 Å². The summed E-state index contributed by atoms with van der Waals surface area (Å²) in [4.78, 5) is 19.5.